The number of fused-ring (bicyclic) bond motifs is 2. The van der Waals surface area contributed by atoms with Crippen LogP contribution in [0.3, 0.4) is 0 Å². The van der Waals surface area contributed by atoms with Gasteiger partial charge in [-0.1, -0.05) is 41.2 Å². The molecule has 1 fully saturated rings. The summed E-state index contributed by atoms with van der Waals surface area (Å²) in [6.45, 7) is 5.21. The molecule has 3 aromatic carbocycles. The minimum absolute atomic E-state index is 0.00945. The van der Waals surface area contributed by atoms with Gasteiger partial charge in [-0.05, 0) is 55.8 Å². The SMILES string of the molecule is CCOc1ccc2nc(N3C(=O)C(=O)C(=C(O)c4ccc5c(c4)OCCO5)[C@H]3c3ccc(C)cc3)sc2c1. The second-order valence-electron chi connectivity index (χ2n) is 9.00. The van der Waals surface area contributed by atoms with Gasteiger partial charge in [-0.3, -0.25) is 14.5 Å². The second kappa shape index (κ2) is 9.50. The summed E-state index contributed by atoms with van der Waals surface area (Å²) in [6.07, 6.45) is 0. The molecular weight excluding hydrogens is 504 g/mol. The van der Waals surface area contributed by atoms with Crippen molar-refractivity contribution in [2.24, 2.45) is 0 Å². The number of carbonyl (C=O) groups excluding carboxylic acids is 2. The van der Waals surface area contributed by atoms with Gasteiger partial charge < -0.3 is 19.3 Å². The Morgan fingerprint density at radius 3 is 2.58 bits per heavy atom. The molecular formula is C29H24N2O6S. The van der Waals surface area contributed by atoms with E-state index >= 15 is 0 Å². The Hall–Kier alpha value is -4.37. The van der Waals surface area contributed by atoms with Gasteiger partial charge in [0.25, 0.3) is 5.78 Å². The van der Waals surface area contributed by atoms with Gasteiger partial charge in [-0.25, -0.2) is 4.98 Å². The van der Waals surface area contributed by atoms with Gasteiger partial charge >= 0.3 is 5.91 Å². The smallest absolute Gasteiger partial charge is 0.301 e. The van der Waals surface area contributed by atoms with Crippen LogP contribution < -0.4 is 19.1 Å². The Kier molecular flexibility index (Phi) is 6.00. The van der Waals surface area contributed by atoms with E-state index < -0.39 is 17.7 Å². The molecule has 1 amide bonds. The number of hydrogen-bond donors (Lipinski definition) is 1. The predicted molar refractivity (Wildman–Crippen MR) is 144 cm³/mol. The zero-order valence-electron chi connectivity index (χ0n) is 20.8. The third kappa shape index (κ3) is 4.05. The Labute approximate surface area is 222 Å². The number of aromatic nitrogens is 1. The Morgan fingerprint density at radius 2 is 1.82 bits per heavy atom. The number of aliphatic hydroxyl groups is 1. The molecule has 6 rings (SSSR count). The topological polar surface area (TPSA) is 98.2 Å². The van der Waals surface area contributed by atoms with Gasteiger partial charge in [0.2, 0.25) is 0 Å². The van der Waals surface area contributed by atoms with Crippen molar-refractivity contribution < 1.29 is 28.9 Å². The average molecular weight is 529 g/mol. The number of amides is 1. The highest BCUT2D eigenvalue weighted by atomic mass is 32.1. The molecule has 192 valence electrons. The summed E-state index contributed by atoms with van der Waals surface area (Å²) in [6, 6.07) is 17.1. The van der Waals surface area contributed by atoms with Crippen LogP contribution in [0.15, 0.2) is 66.2 Å². The number of hydrogen-bond acceptors (Lipinski definition) is 8. The van der Waals surface area contributed by atoms with Crippen molar-refractivity contribution in [3.05, 3.63) is 82.9 Å². The summed E-state index contributed by atoms with van der Waals surface area (Å²) in [5.74, 6) is -0.0861. The maximum absolute atomic E-state index is 13.5. The maximum atomic E-state index is 13.5. The molecule has 2 aliphatic heterocycles. The quantitative estimate of drug-likeness (QED) is 0.210. The van der Waals surface area contributed by atoms with Crippen LogP contribution in [0.2, 0.25) is 0 Å². The number of anilines is 1. The van der Waals surface area contributed by atoms with Gasteiger partial charge in [0, 0.05) is 5.56 Å². The van der Waals surface area contributed by atoms with Crippen molar-refractivity contribution in [3.63, 3.8) is 0 Å². The summed E-state index contributed by atoms with van der Waals surface area (Å²) in [5, 5.41) is 11.8. The van der Waals surface area contributed by atoms with Crippen molar-refractivity contribution in [3.8, 4) is 17.2 Å². The lowest BCUT2D eigenvalue weighted by Gasteiger charge is -2.23. The maximum Gasteiger partial charge on any atom is 0.301 e. The van der Waals surface area contributed by atoms with Crippen LogP contribution in [-0.4, -0.2) is 41.6 Å². The minimum atomic E-state index is -0.865. The van der Waals surface area contributed by atoms with E-state index in [1.807, 2.05) is 56.3 Å². The minimum Gasteiger partial charge on any atom is -0.507 e. The summed E-state index contributed by atoms with van der Waals surface area (Å²) in [5.41, 5.74) is 2.74. The molecule has 0 spiro atoms. The second-order valence-corrected chi connectivity index (χ2v) is 10.0. The van der Waals surface area contributed by atoms with E-state index in [1.165, 1.54) is 16.2 Å². The highest BCUT2D eigenvalue weighted by Crippen LogP contribution is 2.45. The van der Waals surface area contributed by atoms with Crippen LogP contribution in [-0.2, 0) is 9.59 Å². The molecule has 8 nitrogen and oxygen atoms in total. The van der Waals surface area contributed by atoms with Crippen molar-refractivity contribution in [2.45, 2.75) is 19.9 Å². The number of aliphatic hydroxyl groups excluding tert-OH is 1. The van der Waals surface area contributed by atoms with Gasteiger partial charge in [0.15, 0.2) is 16.6 Å². The highest BCUT2D eigenvalue weighted by molar-refractivity contribution is 7.22. The van der Waals surface area contributed by atoms with Crippen molar-refractivity contribution in [2.75, 3.05) is 24.7 Å². The molecule has 1 atom stereocenters. The van der Waals surface area contributed by atoms with E-state index in [1.54, 1.807) is 18.2 Å². The molecule has 0 bridgehead atoms. The molecule has 0 aliphatic carbocycles. The van der Waals surface area contributed by atoms with E-state index in [9.17, 15) is 14.7 Å². The fourth-order valence-corrected chi connectivity index (χ4v) is 5.71. The highest BCUT2D eigenvalue weighted by Gasteiger charge is 2.48. The summed E-state index contributed by atoms with van der Waals surface area (Å²) in [4.78, 5) is 33.0. The molecule has 1 N–H and O–H groups in total. The molecule has 4 aromatic rings. The molecule has 3 heterocycles. The molecule has 0 radical (unpaired) electrons. The first-order chi connectivity index (χ1) is 18.4. The molecule has 2 aliphatic rings. The van der Waals surface area contributed by atoms with Gasteiger partial charge in [-0.2, -0.15) is 0 Å². The number of benzene rings is 3. The van der Waals surface area contributed by atoms with E-state index in [4.69, 9.17) is 14.2 Å². The van der Waals surface area contributed by atoms with E-state index in [-0.39, 0.29) is 11.3 Å². The monoisotopic (exact) mass is 528 g/mol. The van der Waals surface area contributed by atoms with Gasteiger partial charge in [-0.15, -0.1) is 0 Å². The lowest BCUT2D eigenvalue weighted by atomic mass is 9.94. The standard InChI is InChI=1S/C29H24N2O6S/c1-3-35-19-9-10-20-23(15-19)38-29(30-20)31-25(17-6-4-16(2)5-7-17)24(27(33)28(31)34)26(32)18-8-11-21-22(14-18)37-13-12-36-21/h4-11,14-15,25,32H,3,12-13H2,1-2H3/t25-/m1/s1. The Bertz CT molecular complexity index is 1610. The predicted octanol–water partition coefficient (Wildman–Crippen LogP) is 5.40. The normalized spacial score (nSPS) is 18.3. The zero-order chi connectivity index (χ0) is 26.4. The van der Waals surface area contributed by atoms with Crippen LogP contribution in [0.25, 0.3) is 16.0 Å². The number of nitrogens with zero attached hydrogens (tertiary/aromatic N) is 2. The zero-order valence-corrected chi connectivity index (χ0v) is 21.6. The summed E-state index contributed by atoms with van der Waals surface area (Å²) in [7, 11) is 0. The Balaban J connectivity index is 1.51. The first-order valence-corrected chi connectivity index (χ1v) is 13.1. The molecule has 1 aromatic heterocycles. The fourth-order valence-electron chi connectivity index (χ4n) is 4.69. The fraction of sp³-hybridized carbons (Fsp3) is 0.207. The van der Waals surface area contributed by atoms with Crippen LogP contribution in [0.4, 0.5) is 5.13 Å². The first kappa shape index (κ1) is 24.0. The van der Waals surface area contributed by atoms with Crippen molar-refractivity contribution in [1.82, 2.24) is 4.98 Å². The van der Waals surface area contributed by atoms with Crippen LogP contribution >= 0.6 is 11.3 Å². The third-order valence-electron chi connectivity index (χ3n) is 6.52. The van der Waals surface area contributed by atoms with Crippen molar-refractivity contribution >= 4 is 44.1 Å². The number of thiazole rings is 1. The average Bonchev–Trinajstić information content (AvgIpc) is 3.46. The number of Topliss-reactive ketones (excluding diaryl/α,β-unsaturated/α-hetero) is 1. The number of aryl methyl sites for hydroxylation is 1. The van der Waals surface area contributed by atoms with Gasteiger partial charge in [0.05, 0.1) is 28.4 Å². The van der Waals surface area contributed by atoms with Gasteiger partial charge in [0.1, 0.15) is 24.7 Å². The van der Waals surface area contributed by atoms with Crippen molar-refractivity contribution in [1.29, 1.82) is 0 Å². The molecule has 0 saturated carbocycles. The number of ether oxygens (including phenoxy) is 3. The van der Waals surface area contributed by atoms with Crippen LogP contribution in [0.5, 0.6) is 17.2 Å². The molecule has 0 unspecified atom stereocenters. The van der Waals surface area contributed by atoms with E-state index in [0.717, 1.165) is 10.3 Å². The van der Waals surface area contributed by atoms with E-state index in [2.05, 4.69) is 4.98 Å². The molecule has 1 saturated heterocycles. The lowest BCUT2D eigenvalue weighted by Crippen LogP contribution is -2.29. The summed E-state index contributed by atoms with van der Waals surface area (Å²) >= 11 is 1.29. The molecule has 9 heteroatoms. The summed E-state index contributed by atoms with van der Waals surface area (Å²) < 4.78 is 17.7. The Morgan fingerprint density at radius 1 is 1.05 bits per heavy atom. The first-order valence-electron chi connectivity index (χ1n) is 12.3. The lowest BCUT2D eigenvalue weighted by molar-refractivity contribution is -0.132. The third-order valence-corrected chi connectivity index (χ3v) is 7.54. The number of rotatable bonds is 5. The molecule has 38 heavy (non-hydrogen) atoms. The number of ketones is 1. The van der Waals surface area contributed by atoms with E-state index in [0.29, 0.717) is 58.8 Å². The van der Waals surface area contributed by atoms with Crippen LogP contribution in [0, 0.1) is 6.92 Å². The van der Waals surface area contributed by atoms with Crippen LogP contribution in [0.1, 0.15) is 29.7 Å². The largest absolute Gasteiger partial charge is 0.507 e. The number of carbonyl (C=O) groups is 2.